The third-order valence-corrected chi connectivity index (χ3v) is 5.54. The van der Waals surface area contributed by atoms with Gasteiger partial charge in [-0.3, -0.25) is 4.79 Å². The van der Waals surface area contributed by atoms with Crippen LogP contribution >= 0.6 is 0 Å². The molecule has 1 heterocycles. The fourth-order valence-corrected chi connectivity index (χ4v) is 2.88. The lowest BCUT2D eigenvalue weighted by Gasteiger charge is -2.29. The number of likely N-dealkylation sites (tertiary alicyclic amines) is 1. The van der Waals surface area contributed by atoms with Gasteiger partial charge in [0.15, 0.2) is 9.84 Å². The monoisotopic (exact) mass is 263 g/mol. The van der Waals surface area contributed by atoms with Gasteiger partial charge in [0, 0.05) is 6.54 Å². The highest BCUT2D eigenvalue weighted by Crippen LogP contribution is 2.17. The standard InChI is InChI=1S/C11H21NO4S/c1-9(2)17(15,16)8-7-12-5-3-10(4-6-12)11(13)14/h9-10H,3-8H2,1-2H3,(H,13,14). The molecule has 0 saturated carbocycles. The number of hydrogen-bond donors (Lipinski definition) is 1. The van der Waals surface area contributed by atoms with Crippen molar-refractivity contribution in [3.8, 4) is 0 Å². The molecule has 6 heteroatoms. The zero-order chi connectivity index (χ0) is 13.1. The highest BCUT2D eigenvalue weighted by atomic mass is 32.2. The fraction of sp³-hybridized carbons (Fsp3) is 0.909. The van der Waals surface area contributed by atoms with Crippen molar-refractivity contribution in [1.29, 1.82) is 0 Å². The Morgan fingerprint density at radius 1 is 1.35 bits per heavy atom. The second-order valence-electron chi connectivity index (χ2n) is 4.87. The summed E-state index contributed by atoms with van der Waals surface area (Å²) >= 11 is 0. The van der Waals surface area contributed by atoms with Crippen LogP contribution in [0.1, 0.15) is 26.7 Å². The Morgan fingerprint density at radius 2 is 1.88 bits per heavy atom. The van der Waals surface area contributed by atoms with E-state index in [9.17, 15) is 13.2 Å². The van der Waals surface area contributed by atoms with Crippen molar-refractivity contribution in [3.63, 3.8) is 0 Å². The lowest BCUT2D eigenvalue weighted by Crippen LogP contribution is -2.39. The summed E-state index contributed by atoms with van der Waals surface area (Å²) in [7, 11) is -2.99. The van der Waals surface area contributed by atoms with E-state index < -0.39 is 15.8 Å². The number of carbonyl (C=O) groups is 1. The van der Waals surface area contributed by atoms with Crippen LogP contribution in [0.25, 0.3) is 0 Å². The van der Waals surface area contributed by atoms with Gasteiger partial charge in [-0.2, -0.15) is 0 Å². The van der Waals surface area contributed by atoms with E-state index in [-0.39, 0.29) is 16.9 Å². The van der Waals surface area contributed by atoms with Gasteiger partial charge in [-0.25, -0.2) is 8.42 Å². The third kappa shape index (κ3) is 4.27. The van der Waals surface area contributed by atoms with E-state index in [4.69, 9.17) is 5.11 Å². The van der Waals surface area contributed by atoms with E-state index in [1.165, 1.54) is 0 Å². The first kappa shape index (κ1) is 14.4. The fourth-order valence-electron chi connectivity index (χ4n) is 1.90. The average molecular weight is 263 g/mol. The van der Waals surface area contributed by atoms with Gasteiger partial charge in [0.25, 0.3) is 0 Å². The Balaban J connectivity index is 2.35. The number of aliphatic carboxylic acids is 1. The summed E-state index contributed by atoms with van der Waals surface area (Å²) in [6.45, 7) is 5.26. The van der Waals surface area contributed by atoms with E-state index in [1.807, 2.05) is 4.90 Å². The zero-order valence-corrected chi connectivity index (χ0v) is 11.2. The molecular weight excluding hydrogens is 242 g/mol. The molecule has 1 aliphatic heterocycles. The molecule has 0 aromatic rings. The first-order valence-corrected chi connectivity index (χ1v) is 7.71. The summed E-state index contributed by atoms with van der Waals surface area (Å²) in [5.41, 5.74) is 0. The van der Waals surface area contributed by atoms with Gasteiger partial charge in [-0.15, -0.1) is 0 Å². The molecule has 0 amide bonds. The van der Waals surface area contributed by atoms with Gasteiger partial charge in [0.2, 0.25) is 0 Å². The van der Waals surface area contributed by atoms with Crippen molar-refractivity contribution in [2.45, 2.75) is 31.9 Å². The molecule has 0 aliphatic carbocycles. The lowest BCUT2D eigenvalue weighted by molar-refractivity contribution is -0.143. The minimum absolute atomic E-state index is 0.169. The van der Waals surface area contributed by atoms with E-state index in [1.54, 1.807) is 13.8 Å². The van der Waals surface area contributed by atoms with E-state index >= 15 is 0 Å². The largest absolute Gasteiger partial charge is 0.481 e. The predicted molar refractivity (Wildman–Crippen MR) is 65.7 cm³/mol. The number of carboxylic acids is 1. The number of hydrogen-bond acceptors (Lipinski definition) is 4. The Labute approximate surface area is 103 Å². The maximum atomic E-state index is 11.6. The minimum atomic E-state index is -2.99. The summed E-state index contributed by atoms with van der Waals surface area (Å²) in [6.07, 6.45) is 1.24. The van der Waals surface area contributed by atoms with Gasteiger partial charge >= 0.3 is 5.97 Å². The number of sulfone groups is 1. The predicted octanol–water partition coefficient (Wildman–Crippen LogP) is 0.606. The second kappa shape index (κ2) is 5.82. The summed E-state index contributed by atoms with van der Waals surface area (Å²) in [4.78, 5) is 12.8. The van der Waals surface area contributed by atoms with Crippen LogP contribution in [0.4, 0.5) is 0 Å². The summed E-state index contributed by atoms with van der Waals surface area (Å²) in [5, 5.41) is 8.51. The third-order valence-electron chi connectivity index (χ3n) is 3.35. The molecule has 0 aromatic carbocycles. The minimum Gasteiger partial charge on any atom is -0.481 e. The van der Waals surface area contributed by atoms with Crippen LogP contribution in [0.15, 0.2) is 0 Å². The van der Waals surface area contributed by atoms with Gasteiger partial charge in [-0.05, 0) is 39.8 Å². The van der Waals surface area contributed by atoms with Crippen LogP contribution in [-0.2, 0) is 14.6 Å². The first-order chi connectivity index (χ1) is 7.83. The van der Waals surface area contributed by atoms with Crippen molar-refractivity contribution in [2.75, 3.05) is 25.4 Å². The van der Waals surface area contributed by atoms with Crippen LogP contribution in [0.3, 0.4) is 0 Å². The highest BCUT2D eigenvalue weighted by Gasteiger charge is 2.25. The Morgan fingerprint density at radius 3 is 2.29 bits per heavy atom. The zero-order valence-electron chi connectivity index (χ0n) is 10.4. The van der Waals surface area contributed by atoms with Crippen molar-refractivity contribution in [3.05, 3.63) is 0 Å². The summed E-state index contributed by atoms with van der Waals surface area (Å²) < 4.78 is 23.2. The molecular formula is C11H21NO4S. The van der Waals surface area contributed by atoms with Crippen LogP contribution in [-0.4, -0.2) is 55.0 Å². The average Bonchev–Trinajstić information content (AvgIpc) is 2.27. The topological polar surface area (TPSA) is 74.7 Å². The Kier molecular flexibility index (Phi) is 4.94. The summed E-state index contributed by atoms with van der Waals surface area (Å²) in [6, 6.07) is 0. The number of piperidine rings is 1. The molecule has 0 unspecified atom stereocenters. The van der Waals surface area contributed by atoms with Crippen molar-refractivity contribution < 1.29 is 18.3 Å². The second-order valence-corrected chi connectivity index (χ2v) is 7.55. The molecule has 0 radical (unpaired) electrons. The molecule has 5 nitrogen and oxygen atoms in total. The van der Waals surface area contributed by atoms with E-state index in [0.29, 0.717) is 32.5 Å². The molecule has 0 spiro atoms. The number of nitrogens with zero attached hydrogens (tertiary/aromatic N) is 1. The number of carboxylic acid groups (broad SMARTS) is 1. The molecule has 1 saturated heterocycles. The van der Waals surface area contributed by atoms with Crippen LogP contribution in [0, 0.1) is 5.92 Å². The van der Waals surface area contributed by atoms with E-state index in [2.05, 4.69) is 0 Å². The van der Waals surface area contributed by atoms with Gasteiger partial charge in [0.05, 0.1) is 16.9 Å². The number of rotatable bonds is 5. The van der Waals surface area contributed by atoms with Crippen molar-refractivity contribution in [2.24, 2.45) is 5.92 Å². The molecule has 1 aliphatic rings. The smallest absolute Gasteiger partial charge is 0.306 e. The molecule has 17 heavy (non-hydrogen) atoms. The molecule has 1 fully saturated rings. The normalized spacial score (nSPS) is 19.7. The van der Waals surface area contributed by atoms with Gasteiger partial charge < -0.3 is 10.0 Å². The van der Waals surface area contributed by atoms with Crippen molar-refractivity contribution >= 4 is 15.8 Å². The van der Waals surface area contributed by atoms with E-state index in [0.717, 1.165) is 0 Å². The SMILES string of the molecule is CC(C)S(=O)(=O)CCN1CCC(C(=O)O)CC1. The Hall–Kier alpha value is -0.620. The molecule has 0 atom stereocenters. The van der Waals surface area contributed by atoms with Gasteiger partial charge in [-0.1, -0.05) is 0 Å². The van der Waals surface area contributed by atoms with Crippen molar-refractivity contribution in [1.82, 2.24) is 4.90 Å². The molecule has 0 aromatic heterocycles. The quantitative estimate of drug-likeness (QED) is 0.786. The summed E-state index contributed by atoms with van der Waals surface area (Å²) in [5.74, 6) is -0.824. The molecule has 1 N–H and O–H groups in total. The molecule has 0 bridgehead atoms. The van der Waals surface area contributed by atoms with Crippen LogP contribution in [0.5, 0.6) is 0 Å². The molecule has 100 valence electrons. The maximum Gasteiger partial charge on any atom is 0.306 e. The highest BCUT2D eigenvalue weighted by molar-refractivity contribution is 7.92. The first-order valence-electron chi connectivity index (χ1n) is 5.99. The van der Waals surface area contributed by atoms with Crippen LogP contribution < -0.4 is 0 Å². The lowest BCUT2D eigenvalue weighted by atomic mass is 9.97. The maximum absolute atomic E-state index is 11.6. The molecule has 1 rings (SSSR count). The van der Waals surface area contributed by atoms with Gasteiger partial charge in [0.1, 0.15) is 0 Å². The van der Waals surface area contributed by atoms with Crippen LogP contribution in [0.2, 0.25) is 0 Å². The Bertz CT molecular complexity index is 356.